The number of hydrogen-bond acceptors (Lipinski definition) is 4. The summed E-state index contributed by atoms with van der Waals surface area (Å²) in [7, 11) is 0. The zero-order valence-electron chi connectivity index (χ0n) is 18.2. The quantitative estimate of drug-likeness (QED) is 0.559. The van der Waals surface area contributed by atoms with E-state index in [1.807, 2.05) is 45.0 Å². The number of benzene rings is 2. The van der Waals surface area contributed by atoms with E-state index in [4.69, 9.17) is 4.52 Å². The van der Waals surface area contributed by atoms with E-state index in [1.54, 1.807) is 0 Å². The van der Waals surface area contributed by atoms with Crippen molar-refractivity contribution in [2.24, 2.45) is 5.92 Å². The molecule has 6 nitrogen and oxygen atoms in total. The van der Waals surface area contributed by atoms with Crippen LogP contribution < -0.4 is 5.32 Å². The van der Waals surface area contributed by atoms with Gasteiger partial charge in [-0.25, -0.2) is 8.78 Å². The van der Waals surface area contributed by atoms with Crippen LogP contribution in [0.5, 0.6) is 0 Å². The van der Waals surface area contributed by atoms with Crippen LogP contribution in [0, 0.1) is 24.5 Å². The number of halogens is 2. The molecule has 0 atom stereocenters. The second kappa shape index (κ2) is 10.2. The Labute approximate surface area is 185 Å². The molecular weight excluding hydrogens is 416 g/mol. The van der Waals surface area contributed by atoms with E-state index in [1.165, 1.54) is 11.0 Å². The van der Waals surface area contributed by atoms with Gasteiger partial charge in [-0.15, -0.1) is 0 Å². The molecule has 2 amide bonds. The molecule has 1 N–H and O–H groups in total. The predicted octanol–water partition coefficient (Wildman–Crippen LogP) is 4.49. The third-order valence-corrected chi connectivity index (χ3v) is 4.69. The highest BCUT2D eigenvalue weighted by Gasteiger charge is 2.22. The molecule has 8 heteroatoms. The maximum absolute atomic E-state index is 13.6. The minimum Gasteiger partial charge on any atom is -0.359 e. The van der Waals surface area contributed by atoms with Crippen molar-refractivity contribution >= 4 is 11.8 Å². The summed E-state index contributed by atoms with van der Waals surface area (Å²) in [6, 6.07) is 11.9. The molecule has 0 unspecified atom stereocenters. The maximum atomic E-state index is 13.6. The molecule has 0 radical (unpaired) electrons. The van der Waals surface area contributed by atoms with Crippen molar-refractivity contribution < 1.29 is 22.9 Å². The molecule has 32 heavy (non-hydrogen) atoms. The first-order valence-electron chi connectivity index (χ1n) is 10.3. The average Bonchev–Trinajstić information content (AvgIpc) is 3.20. The summed E-state index contributed by atoms with van der Waals surface area (Å²) in [4.78, 5) is 26.7. The second-order valence-electron chi connectivity index (χ2n) is 8.08. The first-order valence-corrected chi connectivity index (χ1v) is 10.3. The summed E-state index contributed by atoms with van der Waals surface area (Å²) in [5.74, 6) is -2.22. The molecule has 0 aliphatic carbocycles. The van der Waals surface area contributed by atoms with Gasteiger partial charge in [-0.1, -0.05) is 48.8 Å². The van der Waals surface area contributed by atoms with E-state index >= 15 is 0 Å². The second-order valence-corrected chi connectivity index (χ2v) is 8.08. The molecule has 3 aromatic rings. The average molecular weight is 441 g/mol. The van der Waals surface area contributed by atoms with Gasteiger partial charge in [-0.2, -0.15) is 0 Å². The van der Waals surface area contributed by atoms with E-state index in [0.717, 1.165) is 23.3 Å². The lowest BCUT2D eigenvalue weighted by atomic mass is 10.1. The van der Waals surface area contributed by atoms with Crippen molar-refractivity contribution in [2.45, 2.75) is 33.9 Å². The first kappa shape index (κ1) is 23.1. The number of amides is 2. The van der Waals surface area contributed by atoms with Crippen LogP contribution in [0.15, 0.2) is 53.1 Å². The number of nitrogens with zero attached hydrogens (tertiary/aromatic N) is 2. The largest absolute Gasteiger partial charge is 0.359 e. The molecule has 168 valence electrons. The van der Waals surface area contributed by atoms with E-state index in [-0.39, 0.29) is 29.5 Å². The molecular formula is C24H25F2N3O3. The zero-order valence-corrected chi connectivity index (χ0v) is 18.2. The fraction of sp³-hybridized carbons (Fsp3) is 0.292. The lowest BCUT2D eigenvalue weighted by molar-refractivity contribution is 0.0704. The van der Waals surface area contributed by atoms with Gasteiger partial charge < -0.3 is 14.7 Å². The van der Waals surface area contributed by atoms with Gasteiger partial charge in [0.1, 0.15) is 11.6 Å². The van der Waals surface area contributed by atoms with Crippen molar-refractivity contribution in [1.82, 2.24) is 15.4 Å². The Morgan fingerprint density at radius 3 is 2.34 bits per heavy atom. The predicted molar refractivity (Wildman–Crippen MR) is 115 cm³/mol. The number of carbonyl (C=O) groups excluding carboxylic acids is 2. The number of aromatic nitrogens is 1. The lowest BCUT2D eigenvalue weighted by Crippen LogP contribution is -2.33. The third-order valence-electron chi connectivity index (χ3n) is 4.69. The molecule has 0 fully saturated rings. The summed E-state index contributed by atoms with van der Waals surface area (Å²) in [5.41, 5.74) is 2.06. The van der Waals surface area contributed by atoms with E-state index in [2.05, 4.69) is 10.5 Å². The van der Waals surface area contributed by atoms with Crippen LogP contribution in [0.25, 0.3) is 0 Å². The topological polar surface area (TPSA) is 75.4 Å². The fourth-order valence-electron chi connectivity index (χ4n) is 3.18. The smallest absolute Gasteiger partial charge is 0.273 e. The van der Waals surface area contributed by atoms with Gasteiger partial charge in [0.15, 0.2) is 11.5 Å². The van der Waals surface area contributed by atoms with E-state index in [9.17, 15) is 18.4 Å². The molecule has 0 saturated carbocycles. The van der Waals surface area contributed by atoms with Crippen molar-refractivity contribution in [3.63, 3.8) is 0 Å². The van der Waals surface area contributed by atoms with E-state index < -0.39 is 23.4 Å². The highest BCUT2D eigenvalue weighted by Crippen LogP contribution is 2.16. The molecule has 1 aromatic heterocycles. The Balaban J connectivity index is 1.68. The van der Waals surface area contributed by atoms with Gasteiger partial charge in [-0.05, 0) is 30.5 Å². The highest BCUT2D eigenvalue weighted by atomic mass is 19.1. The normalized spacial score (nSPS) is 10.9. The zero-order chi connectivity index (χ0) is 23.3. The van der Waals surface area contributed by atoms with Crippen LogP contribution >= 0.6 is 0 Å². The lowest BCUT2D eigenvalue weighted by Gasteiger charge is -2.23. The molecule has 0 bridgehead atoms. The Kier molecular flexibility index (Phi) is 7.35. The number of aryl methyl sites for hydroxylation is 1. The Morgan fingerprint density at radius 1 is 1.06 bits per heavy atom. The van der Waals surface area contributed by atoms with Crippen LogP contribution in [-0.4, -0.2) is 28.4 Å². The number of nitrogens with one attached hydrogen (secondary N) is 1. The molecule has 0 aliphatic heterocycles. The van der Waals surface area contributed by atoms with Gasteiger partial charge in [0.25, 0.3) is 11.8 Å². The summed E-state index contributed by atoms with van der Waals surface area (Å²) >= 11 is 0. The molecule has 1 heterocycles. The van der Waals surface area contributed by atoms with Crippen molar-refractivity contribution in [2.75, 3.05) is 6.54 Å². The molecule has 0 saturated heterocycles. The van der Waals surface area contributed by atoms with Gasteiger partial charge in [0.05, 0.1) is 6.54 Å². The summed E-state index contributed by atoms with van der Waals surface area (Å²) in [5, 5.41) is 6.56. The Morgan fingerprint density at radius 2 is 1.72 bits per heavy atom. The molecule has 3 rings (SSSR count). The number of rotatable bonds is 8. The van der Waals surface area contributed by atoms with Gasteiger partial charge in [0.2, 0.25) is 0 Å². The SMILES string of the molecule is Cc1ccc(CNC(=O)c2cc(CN(CC(C)C)C(=O)c3cc(F)cc(F)c3)on2)cc1. The van der Waals surface area contributed by atoms with Crippen LogP contribution in [0.3, 0.4) is 0 Å². The number of hydrogen-bond donors (Lipinski definition) is 1. The van der Waals surface area contributed by atoms with Crippen molar-refractivity contribution in [3.05, 3.63) is 88.3 Å². The summed E-state index contributed by atoms with van der Waals surface area (Å²) in [6.45, 7) is 6.48. The van der Waals surface area contributed by atoms with Crippen LogP contribution in [0.4, 0.5) is 8.78 Å². The third kappa shape index (κ3) is 6.23. The highest BCUT2D eigenvalue weighted by molar-refractivity contribution is 5.94. The number of carbonyl (C=O) groups is 2. The van der Waals surface area contributed by atoms with Crippen molar-refractivity contribution in [3.8, 4) is 0 Å². The first-order chi connectivity index (χ1) is 15.2. The monoisotopic (exact) mass is 441 g/mol. The Bertz CT molecular complexity index is 1070. The van der Waals surface area contributed by atoms with Gasteiger partial charge in [0, 0.05) is 30.8 Å². The molecule has 0 aliphatic rings. The Hall–Kier alpha value is -3.55. The van der Waals surface area contributed by atoms with Crippen LogP contribution in [0.2, 0.25) is 0 Å². The summed E-state index contributed by atoms with van der Waals surface area (Å²) < 4.78 is 32.4. The van der Waals surface area contributed by atoms with Gasteiger partial charge >= 0.3 is 0 Å². The van der Waals surface area contributed by atoms with Crippen LogP contribution in [-0.2, 0) is 13.1 Å². The van der Waals surface area contributed by atoms with E-state index in [0.29, 0.717) is 19.2 Å². The fourth-order valence-corrected chi connectivity index (χ4v) is 3.18. The maximum Gasteiger partial charge on any atom is 0.273 e. The van der Waals surface area contributed by atoms with Crippen molar-refractivity contribution in [1.29, 1.82) is 0 Å². The minimum atomic E-state index is -0.829. The standard InChI is InChI=1S/C24H25F2N3O3/c1-15(2)13-29(24(31)18-8-19(25)10-20(26)9-18)14-21-11-22(28-32-21)23(30)27-12-17-6-4-16(3)5-7-17/h4-11,15H,12-14H2,1-3H3,(H,27,30). The summed E-state index contributed by atoms with van der Waals surface area (Å²) in [6.07, 6.45) is 0. The molecule has 0 spiro atoms. The van der Waals surface area contributed by atoms with Crippen LogP contribution in [0.1, 0.15) is 51.6 Å². The molecule has 2 aromatic carbocycles. The minimum absolute atomic E-state index is 0.00733. The van der Waals surface area contributed by atoms with Gasteiger partial charge in [-0.3, -0.25) is 9.59 Å².